The summed E-state index contributed by atoms with van der Waals surface area (Å²) in [7, 11) is 1.34. The van der Waals surface area contributed by atoms with Crippen molar-refractivity contribution in [1.29, 1.82) is 0 Å². The highest BCUT2D eigenvalue weighted by Crippen LogP contribution is 2.33. The van der Waals surface area contributed by atoms with E-state index >= 15 is 0 Å². The summed E-state index contributed by atoms with van der Waals surface area (Å²) in [5.74, 6) is 0.138. The van der Waals surface area contributed by atoms with E-state index in [1.54, 1.807) is 13.8 Å². The molecule has 0 bridgehead atoms. The van der Waals surface area contributed by atoms with Crippen LogP contribution in [-0.2, 0) is 19.1 Å². The Labute approximate surface area is 162 Å². The van der Waals surface area contributed by atoms with E-state index in [2.05, 4.69) is 37.3 Å². The smallest absolute Gasteiger partial charge is 0.334 e. The fourth-order valence-electron chi connectivity index (χ4n) is 3.31. The van der Waals surface area contributed by atoms with Crippen LogP contribution in [0.3, 0.4) is 0 Å². The Morgan fingerprint density at radius 2 is 1.93 bits per heavy atom. The van der Waals surface area contributed by atoms with E-state index in [4.69, 9.17) is 9.47 Å². The van der Waals surface area contributed by atoms with Crippen molar-refractivity contribution in [3.05, 3.63) is 59.7 Å². The van der Waals surface area contributed by atoms with E-state index in [9.17, 15) is 9.59 Å². The van der Waals surface area contributed by atoms with E-state index in [1.165, 1.54) is 12.7 Å². The van der Waals surface area contributed by atoms with Crippen LogP contribution in [0.4, 0.5) is 0 Å². The summed E-state index contributed by atoms with van der Waals surface area (Å²) in [5, 5.41) is 0. The van der Waals surface area contributed by atoms with Gasteiger partial charge >= 0.3 is 11.9 Å². The number of allylic oxidation sites excluding steroid dienone is 3. The predicted molar refractivity (Wildman–Crippen MR) is 106 cm³/mol. The molecule has 0 aromatic heterocycles. The Morgan fingerprint density at radius 3 is 2.59 bits per heavy atom. The lowest BCUT2D eigenvalue weighted by atomic mass is 9.81. The Balaban J connectivity index is 1.97. The van der Waals surface area contributed by atoms with Crippen molar-refractivity contribution in [3.63, 3.8) is 0 Å². The molecule has 27 heavy (non-hydrogen) atoms. The number of hydrogen-bond donors (Lipinski definition) is 0. The van der Waals surface area contributed by atoms with Gasteiger partial charge in [-0.1, -0.05) is 55.5 Å². The number of methoxy groups -OCH3 is 1. The van der Waals surface area contributed by atoms with Gasteiger partial charge in [-0.25, -0.2) is 4.79 Å². The van der Waals surface area contributed by atoms with Crippen LogP contribution in [0.2, 0.25) is 0 Å². The number of ether oxygens (including phenoxy) is 2. The van der Waals surface area contributed by atoms with Crippen LogP contribution in [0.15, 0.2) is 54.1 Å². The maximum atomic E-state index is 12.5. The number of hydrogen-bond acceptors (Lipinski definition) is 4. The Morgan fingerprint density at radius 1 is 1.22 bits per heavy atom. The van der Waals surface area contributed by atoms with Crippen molar-refractivity contribution in [1.82, 2.24) is 0 Å². The molecule has 0 radical (unpaired) electrons. The third kappa shape index (κ3) is 5.81. The first-order valence-corrected chi connectivity index (χ1v) is 9.51. The van der Waals surface area contributed by atoms with Gasteiger partial charge in [0.1, 0.15) is 6.61 Å². The van der Waals surface area contributed by atoms with Gasteiger partial charge in [-0.2, -0.15) is 0 Å². The summed E-state index contributed by atoms with van der Waals surface area (Å²) in [5.41, 5.74) is 1.12. The van der Waals surface area contributed by atoms with Crippen molar-refractivity contribution in [3.8, 4) is 0 Å². The second-order valence-corrected chi connectivity index (χ2v) is 7.81. The van der Waals surface area contributed by atoms with Gasteiger partial charge in [0.15, 0.2) is 0 Å². The van der Waals surface area contributed by atoms with Crippen LogP contribution in [0.5, 0.6) is 0 Å². The quantitative estimate of drug-likeness (QED) is 0.674. The Bertz CT molecular complexity index is 700. The zero-order valence-corrected chi connectivity index (χ0v) is 16.7. The molecule has 0 amide bonds. The molecule has 1 aromatic carbocycles. The fraction of sp³-hybridized carbons (Fsp3) is 0.478. The van der Waals surface area contributed by atoms with Crippen LogP contribution in [-0.4, -0.2) is 25.7 Å². The lowest BCUT2D eigenvalue weighted by molar-refractivity contribution is -0.157. The van der Waals surface area contributed by atoms with Crippen LogP contribution in [0.1, 0.15) is 51.5 Å². The molecule has 0 fully saturated rings. The summed E-state index contributed by atoms with van der Waals surface area (Å²) >= 11 is 0. The number of benzene rings is 1. The molecule has 0 saturated heterocycles. The highest BCUT2D eigenvalue weighted by molar-refractivity contribution is 5.89. The molecule has 2 unspecified atom stereocenters. The number of carbonyl (C=O) groups is 2. The molecule has 0 saturated carbocycles. The third-order valence-corrected chi connectivity index (χ3v) is 5.25. The van der Waals surface area contributed by atoms with Gasteiger partial charge in [0.2, 0.25) is 0 Å². The van der Waals surface area contributed by atoms with Crippen molar-refractivity contribution in [2.75, 3.05) is 13.7 Å². The number of rotatable bonds is 6. The molecule has 4 heteroatoms. The van der Waals surface area contributed by atoms with Gasteiger partial charge in [0.25, 0.3) is 0 Å². The molecular formula is C23H30O4. The normalized spacial score (nSPS) is 18.7. The van der Waals surface area contributed by atoms with Gasteiger partial charge in [0, 0.05) is 5.57 Å². The highest BCUT2D eigenvalue weighted by atomic mass is 16.5. The second kappa shape index (κ2) is 9.54. The van der Waals surface area contributed by atoms with Crippen molar-refractivity contribution >= 4 is 11.9 Å². The van der Waals surface area contributed by atoms with Gasteiger partial charge in [0.05, 0.1) is 12.5 Å². The largest absolute Gasteiger partial charge is 0.469 e. The lowest BCUT2D eigenvalue weighted by Gasteiger charge is -2.25. The minimum Gasteiger partial charge on any atom is -0.469 e. The standard InChI is InChI=1S/C23H30O4/c1-17(18-10-6-5-7-11-18)19-12-8-9-13-20(15-14-19)21(24)27-16-23(2,3)22(25)26-4/h5-11,13,17,19H,12,14-16H2,1-4H3. The number of esters is 2. The average molecular weight is 370 g/mol. The van der Waals surface area contributed by atoms with Gasteiger partial charge in [-0.15, -0.1) is 0 Å². The summed E-state index contributed by atoms with van der Waals surface area (Å²) in [6.07, 6.45) is 8.47. The van der Waals surface area contributed by atoms with E-state index in [0.29, 0.717) is 23.8 Å². The molecule has 1 aliphatic carbocycles. The van der Waals surface area contributed by atoms with Crippen LogP contribution in [0, 0.1) is 11.3 Å². The topological polar surface area (TPSA) is 52.6 Å². The van der Waals surface area contributed by atoms with E-state index < -0.39 is 11.4 Å². The van der Waals surface area contributed by atoms with Gasteiger partial charge < -0.3 is 9.47 Å². The third-order valence-electron chi connectivity index (χ3n) is 5.25. The second-order valence-electron chi connectivity index (χ2n) is 7.81. The highest BCUT2D eigenvalue weighted by Gasteiger charge is 2.31. The molecule has 0 aliphatic heterocycles. The molecule has 146 valence electrons. The lowest BCUT2D eigenvalue weighted by Crippen LogP contribution is -2.32. The molecule has 1 aliphatic rings. The molecule has 0 N–H and O–H groups in total. The zero-order valence-electron chi connectivity index (χ0n) is 16.7. The maximum Gasteiger partial charge on any atom is 0.334 e. The first kappa shape index (κ1) is 20.9. The average Bonchev–Trinajstić information content (AvgIpc) is 2.66. The molecular weight excluding hydrogens is 340 g/mol. The van der Waals surface area contributed by atoms with Crippen molar-refractivity contribution in [2.24, 2.45) is 11.3 Å². The van der Waals surface area contributed by atoms with Crippen molar-refractivity contribution in [2.45, 2.75) is 46.0 Å². The van der Waals surface area contributed by atoms with Crippen molar-refractivity contribution < 1.29 is 19.1 Å². The predicted octanol–water partition coefficient (Wildman–Crippen LogP) is 4.82. The Hall–Kier alpha value is -2.36. The first-order chi connectivity index (χ1) is 12.8. The monoisotopic (exact) mass is 370 g/mol. The molecule has 0 spiro atoms. The molecule has 0 heterocycles. The van der Waals surface area contributed by atoms with Gasteiger partial charge in [-0.05, 0) is 50.5 Å². The number of carbonyl (C=O) groups excluding carboxylic acids is 2. The SMILES string of the molecule is COC(=O)C(C)(C)COC(=O)C1=CC=CCC(C(C)c2ccccc2)CC1. The van der Waals surface area contributed by atoms with E-state index in [-0.39, 0.29) is 12.6 Å². The zero-order chi connectivity index (χ0) is 19.9. The molecule has 2 rings (SSSR count). The minimum atomic E-state index is -0.854. The van der Waals surface area contributed by atoms with E-state index in [1.807, 2.05) is 18.2 Å². The summed E-state index contributed by atoms with van der Waals surface area (Å²) in [6.45, 7) is 5.66. The maximum absolute atomic E-state index is 12.5. The minimum absolute atomic E-state index is 0.00338. The van der Waals surface area contributed by atoms with Gasteiger partial charge in [-0.3, -0.25) is 4.79 Å². The molecule has 1 aromatic rings. The summed E-state index contributed by atoms with van der Waals surface area (Å²) < 4.78 is 10.2. The fourth-order valence-corrected chi connectivity index (χ4v) is 3.31. The van der Waals surface area contributed by atoms with E-state index in [0.717, 1.165) is 12.8 Å². The summed E-state index contributed by atoms with van der Waals surface area (Å²) in [6, 6.07) is 10.5. The van der Waals surface area contributed by atoms with Crippen LogP contribution < -0.4 is 0 Å². The van der Waals surface area contributed by atoms with Crippen LogP contribution in [0.25, 0.3) is 0 Å². The molecule has 4 nitrogen and oxygen atoms in total. The summed E-state index contributed by atoms with van der Waals surface area (Å²) in [4.78, 5) is 24.2. The molecule has 2 atom stereocenters. The first-order valence-electron chi connectivity index (χ1n) is 9.51. The van der Waals surface area contributed by atoms with Crippen LogP contribution >= 0.6 is 0 Å². The Kier molecular flexibility index (Phi) is 7.40.